The second-order valence-corrected chi connectivity index (χ2v) is 10.4. The number of sulfonamides is 1. The Labute approximate surface area is 182 Å². The fourth-order valence-electron chi connectivity index (χ4n) is 3.70. The van der Waals surface area contributed by atoms with Crippen molar-refractivity contribution in [1.29, 1.82) is 0 Å². The van der Waals surface area contributed by atoms with Gasteiger partial charge in [-0.3, -0.25) is 9.59 Å². The molecule has 0 radical (unpaired) electrons. The van der Waals surface area contributed by atoms with Crippen LogP contribution in [0.2, 0.25) is 0 Å². The van der Waals surface area contributed by atoms with Gasteiger partial charge in [-0.2, -0.15) is 0 Å². The van der Waals surface area contributed by atoms with Crippen LogP contribution in [0.1, 0.15) is 37.0 Å². The average Bonchev–Trinajstić information content (AvgIpc) is 3.23. The second-order valence-electron chi connectivity index (χ2n) is 7.88. The number of hydrogen-bond donors (Lipinski definition) is 2. The number of carbonyl (C=O) groups is 2. The molecule has 31 heavy (non-hydrogen) atoms. The fourth-order valence-corrected chi connectivity index (χ4v) is 5.02. The van der Waals surface area contributed by atoms with Crippen LogP contribution < -0.4 is 20.1 Å². The minimum atomic E-state index is -3.35. The Morgan fingerprint density at radius 1 is 1.23 bits per heavy atom. The van der Waals surface area contributed by atoms with Crippen LogP contribution in [0.25, 0.3) is 0 Å². The Hall–Kier alpha value is -2.59. The summed E-state index contributed by atoms with van der Waals surface area (Å²) >= 11 is 0. The number of ether oxygens (including phenoxy) is 2. The molecule has 1 saturated heterocycles. The molecular weight excluding hydrogens is 422 g/mol. The minimum Gasteiger partial charge on any atom is -0.454 e. The van der Waals surface area contributed by atoms with Gasteiger partial charge in [-0.15, -0.1) is 6.58 Å². The van der Waals surface area contributed by atoms with E-state index in [0.717, 1.165) is 0 Å². The Balaban J connectivity index is 1.72. The lowest BCUT2D eigenvalue weighted by Crippen LogP contribution is -2.54. The molecule has 2 amide bonds. The highest BCUT2D eigenvalue weighted by Gasteiger charge is 2.36. The number of hydrogen-bond acceptors (Lipinski definition) is 6. The third-order valence-electron chi connectivity index (χ3n) is 5.55. The van der Waals surface area contributed by atoms with E-state index in [1.54, 1.807) is 38.1 Å². The summed E-state index contributed by atoms with van der Waals surface area (Å²) in [6, 6.07) is 4.05. The molecule has 0 aliphatic carbocycles. The Kier molecular flexibility index (Phi) is 7.22. The summed E-state index contributed by atoms with van der Waals surface area (Å²) in [4.78, 5) is 25.7. The van der Waals surface area contributed by atoms with Crippen LogP contribution in [0.15, 0.2) is 30.9 Å². The number of carbonyl (C=O) groups excluding carboxylic acids is 2. The van der Waals surface area contributed by atoms with E-state index in [2.05, 4.69) is 17.2 Å². The number of nitrogens with zero attached hydrogens (tertiary/aromatic N) is 1. The molecule has 2 N–H and O–H groups in total. The highest BCUT2D eigenvalue weighted by molar-refractivity contribution is 7.89. The molecule has 0 saturated carbocycles. The maximum Gasteiger partial charge on any atom is 0.252 e. The molecule has 1 aromatic carbocycles. The molecule has 10 heteroatoms. The normalized spacial score (nSPS) is 17.9. The summed E-state index contributed by atoms with van der Waals surface area (Å²) in [5.74, 6) is 0.123. The van der Waals surface area contributed by atoms with Gasteiger partial charge in [0, 0.05) is 25.2 Å². The number of amides is 2. The van der Waals surface area contributed by atoms with Gasteiger partial charge in [0.15, 0.2) is 11.5 Å². The quantitative estimate of drug-likeness (QED) is 0.576. The zero-order valence-corrected chi connectivity index (χ0v) is 18.6. The van der Waals surface area contributed by atoms with E-state index < -0.39 is 27.2 Å². The molecule has 0 aromatic heterocycles. The first kappa shape index (κ1) is 23.1. The lowest BCUT2D eigenvalue weighted by molar-refractivity contribution is -0.124. The highest BCUT2D eigenvalue weighted by Crippen LogP contribution is 2.32. The lowest BCUT2D eigenvalue weighted by Gasteiger charge is -2.35. The van der Waals surface area contributed by atoms with Gasteiger partial charge in [-0.25, -0.2) is 12.7 Å². The summed E-state index contributed by atoms with van der Waals surface area (Å²) in [6.45, 7) is 7.91. The van der Waals surface area contributed by atoms with Crippen LogP contribution in [-0.2, 0) is 14.8 Å². The maximum atomic E-state index is 12.9. The van der Waals surface area contributed by atoms with Crippen molar-refractivity contribution in [2.45, 2.75) is 38.0 Å². The Bertz CT molecular complexity index is 938. The maximum absolute atomic E-state index is 12.9. The number of nitrogens with one attached hydrogen (secondary N) is 2. The number of benzene rings is 1. The van der Waals surface area contributed by atoms with Gasteiger partial charge < -0.3 is 20.1 Å². The monoisotopic (exact) mass is 451 g/mol. The molecule has 1 aromatic rings. The average molecular weight is 452 g/mol. The van der Waals surface area contributed by atoms with Crippen LogP contribution in [0, 0.1) is 5.92 Å². The lowest BCUT2D eigenvalue weighted by atomic mass is 9.89. The van der Waals surface area contributed by atoms with Crippen LogP contribution in [0.4, 0.5) is 0 Å². The van der Waals surface area contributed by atoms with Crippen LogP contribution in [-0.4, -0.2) is 62.3 Å². The van der Waals surface area contributed by atoms with Gasteiger partial charge >= 0.3 is 0 Å². The third kappa shape index (κ3) is 5.19. The van der Waals surface area contributed by atoms with E-state index >= 15 is 0 Å². The molecule has 170 valence electrons. The van der Waals surface area contributed by atoms with Crippen molar-refractivity contribution in [3.05, 3.63) is 36.4 Å². The largest absolute Gasteiger partial charge is 0.454 e. The van der Waals surface area contributed by atoms with E-state index in [9.17, 15) is 18.0 Å². The van der Waals surface area contributed by atoms with E-state index in [0.29, 0.717) is 43.0 Å². The minimum absolute atomic E-state index is 0.102. The molecule has 0 bridgehead atoms. The first-order chi connectivity index (χ1) is 14.7. The predicted molar refractivity (Wildman–Crippen MR) is 115 cm³/mol. The van der Waals surface area contributed by atoms with E-state index in [1.807, 2.05) is 0 Å². The van der Waals surface area contributed by atoms with E-state index in [4.69, 9.17) is 9.47 Å². The molecule has 2 aliphatic rings. The first-order valence-electron chi connectivity index (χ1n) is 10.3. The van der Waals surface area contributed by atoms with Gasteiger partial charge in [0.1, 0.15) is 6.04 Å². The molecule has 2 aliphatic heterocycles. The Morgan fingerprint density at radius 2 is 1.90 bits per heavy atom. The molecule has 9 nitrogen and oxygen atoms in total. The summed E-state index contributed by atoms with van der Waals surface area (Å²) < 4.78 is 36.9. The van der Waals surface area contributed by atoms with Crippen molar-refractivity contribution in [3.63, 3.8) is 0 Å². The standard InChI is InChI=1S/C21H29N3O6S/c1-4-9-22-21(26)19(15-7-10-24(11-8-15)31(27,28)14(2)3)23-20(25)16-5-6-17-18(12-16)30-13-29-17/h4-6,12,14-15,19H,1,7-11,13H2,2-3H3,(H,22,26)(H,23,25)/t19-/m0/s1. The molecule has 1 fully saturated rings. The van der Waals surface area contributed by atoms with Crippen molar-refractivity contribution < 1.29 is 27.5 Å². The van der Waals surface area contributed by atoms with Crippen molar-refractivity contribution in [2.75, 3.05) is 26.4 Å². The summed E-state index contributed by atoms with van der Waals surface area (Å²) in [5.41, 5.74) is 0.352. The van der Waals surface area contributed by atoms with Crippen LogP contribution in [0.3, 0.4) is 0 Å². The molecule has 0 spiro atoms. The summed E-state index contributed by atoms with van der Waals surface area (Å²) in [5, 5.41) is 5.07. The van der Waals surface area contributed by atoms with Gasteiger partial charge in [-0.05, 0) is 50.8 Å². The van der Waals surface area contributed by atoms with Crippen molar-refractivity contribution >= 4 is 21.8 Å². The third-order valence-corrected chi connectivity index (χ3v) is 7.83. The summed E-state index contributed by atoms with van der Waals surface area (Å²) in [6.07, 6.45) is 2.51. The van der Waals surface area contributed by atoms with Gasteiger partial charge in [0.05, 0.1) is 5.25 Å². The smallest absolute Gasteiger partial charge is 0.252 e. The summed E-state index contributed by atoms with van der Waals surface area (Å²) in [7, 11) is -3.35. The van der Waals surface area contributed by atoms with Crippen molar-refractivity contribution in [3.8, 4) is 11.5 Å². The molecule has 2 heterocycles. The number of rotatable bonds is 8. The fraction of sp³-hybridized carbons (Fsp3) is 0.524. The second kappa shape index (κ2) is 9.69. The van der Waals surface area contributed by atoms with E-state index in [-0.39, 0.29) is 25.2 Å². The number of piperidine rings is 1. The highest BCUT2D eigenvalue weighted by atomic mass is 32.2. The van der Waals surface area contributed by atoms with Gasteiger partial charge in [0.25, 0.3) is 5.91 Å². The SMILES string of the molecule is C=CCNC(=O)[C@@H](NC(=O)c1ccc2c(c1)OCO2)C1CCN(S(=O)(=O)C(C)C)CC1. The molecule has 1 atom stereocenters. The van der Waals surface area contributed by atoms with Crippen molar-refractivity contribution in [1.82, 2.24) is 14.9 Å². The molecular formula is C21H29N3O6S. The zero-order chi connectivity index (χ0) is 22.6. The van der Waals surface area contributed by atoms with Crippen LogP contribution in [0.5, 0.6) is 11.5 Å². The predicted octanol–water partition coefficient (Wildman–Crippen LogP) is 1.27. The zero-order valence-electron chi connectivity index (χ0n) is 17.8. The molecule has 0 unspecified atom stereocenters. The topological polar surface area (TPSA) is 114 Å². The molecule has 3 rings (SSSR count). The van der Waals surface area contributed by atoms with Crippen molar-refractivity contribution in [2.24, 2.45) is 5.92 Å². The van der Waals surface area contributed by atoms with Gasteiger partial charge in [-0.1, -0.05) is 6.08 Å². The van der Waals surface area contributed by atoms with Crippen LogP contribution >= 0.6 is 0 Å². The van der Waals surface area contributed by atoms with Gasteiger partial charge in [0.2, 0.25) is 22.7 Å². The van der Waals surface area contributed by atoms with E-state index in [1.165, 1.54) is 4.31 Å². The first-order valence-corrected chi connectivity index (χ1v) is 11.8. The Morgan fingerprint density at radius 3 is 2.55 bits per heavy atom. The number of fused-ring (bicyclic) bond motifs is 1.